The summed E-state index contributed by atoms with van der Waals surface area (Å²) in [5, 5.41) is 15.2. The Morgan fingerprint density at radius 1 is 0.889 bits per heavy atom. The molecule has 6 heteroatoms. The van der Waals surface area contributed by atoms with Crippen molar-refractivity contribution in [3.05, 3.63) is 84.7 Å². The van der Waals surface area contributed by atoms with E-state index in [0.29, 0.717) is 24.1 Å². The number of aromatic hydroxyl groups is 1. The SMILES string of the molecule is Cl.Oc1ccc2c(Oc3ccc(OCCC4CCCCCN4)cc3)c(-c3cccc(F)c3)ccc2c1. The molecule has 188 valence electrons. The van der Waals surface area contributed by atoms with Gasteiger partial charge in [0.1, 0.15) is 28.8 Å². The molecule has 0 aliphatic carbocycles. The van der Waals surface area contributed by atoms with Crippen LogP contribution in [0.3, 0.4) is 0 Å². The Morgan fingerprint density at radius 3 is 2.56 bits per heavy atom. The van der Waals surface area contributed by atoms with Crippen molar-refractivity contribution in [1.29, 1.82) is 0 Å². The average molecular weight is 508 g/mol. The van der Waals surface area contributed by atoms with Crippen molar-refractivity contribution in [1.82, 2.24) is 5.32 Å². The molecule has 1 fully saturated rings. The Labute approximate surface area is 217 Å². The Morgan fingerprint density at radius 2 is 1.72 bits per heavy atom. The van der Waals surface area contributed by atoms with E-state index in [2.05, 4.69) is 5.32 Å². The third kappa shape index (κ3) is 6.28. The molecule has 1 aliphatic rings. The summed E-state index contributed by atoms with van der Waals surface area (Å²) in [6, 6.07) is 23.5. The van der Waals surface area contributed by atoms with Crippen molar-refractivity contribution in [2.24, 2.45) is 0 Å². The van der Waals surface area contributed by atoms with Crippen LogP contribution in [0.4, 0.5) is 4.39 Å². The fraction of sp³-hybridized carbons (Fsp3) is 0.267. The van der Waals surface area contributed by atoms with E-state index in [0.717, 1.165) is 40.6 Å². The van der Waals surface area contributed by atoms with Crippen LogP contribution in [-0.4, -0.2) is 24.3 Å². The van der Waals surface area contributed by atoms with Crippen LogP contribution in [0.15, 0.2) is 78.9 Å². The molecule has 0 radical (unpaired) electrons. The molecule has 0 amide bonds. The van der Waals surface area contributed by atoms with Gasteiger partial charge in [-0.25, -0.2) is 4.39 Å². The van der Waals surface area contributed by atoms with Gasteiger partial charge in [-0.15, -0.1) is 12.4 Å². The second-order valence-corrected chi connectivity index (χ2v) is 9.07. The predicted octanol–water partition coefficient (Wildman–Crippen LogP) is 7.87. The van der Waals surface area contributed by atoms with Gasteiger partial charge in [0.15, 0.2) is 0 Å². The number of rotatable bonds is 7. The molecule has 1 aliphatic heterocycles. The normalized spacial score (nSPS) is 15.6. The molecule has 36 heavy (non-hydrogen) atoms. The molecular formula is C30H31ClFNO3. The van der Waals surface area contributed by atoms with Gasteiger partial charge in [0.05, 0.1) is 6.61 Å². The molecule has 2 N–H and O–H groups in total. The molecule has 5 rings (SSSR count). The van der Waals surface area contributed by atoms with Crippen LogP contribution in [0.1, 0.15) is 32.1 Å². The molecular weight excluding hydrogens is 477 g/mol. The van der Waals surface area contributed by atoms with Gasteiger partial charge in [0.2, 0.25) is 0 Å². The number of halogens is 2. The summed E-state index contributed by atoms with van der Waals surface area (Å²) in [5.74, 6) is 1.95. The first-order valence-electron chi connectivity index (χ1n) is 12.3. The third-order valence-corrected chi connectivity index (χ3v) is 6.53. The summed E-state index contributed by atoms with van der Waals surface area (Å²) in [4.78, 5) is 0. The predicted molar refractivity (Wildman–Crippen MR) is 145 cm³/mol. The number of hydrogen-bond donors (Lipinski definition) is 2. The molecule has 0 spiro atoms. The lowest BCUT2D eigenvalue weighted by Gasteiger charge is -2.17. The highest BCUT2D eigenvalue weighted by Gasteiger charge is 2.14. The van der Waals surface area contributed by atoms with Crippen LogP contribution in [0, 0.1) is 5.82 Å². The maximum absolute atomic E-state index is 14.0. The first-order valence-corrected chi connectivity index (χ1v) is 12.3. The zero-order chi connectivity index (χ0) is 24.0. The lowest BCUT2D eigenvalue weighted by atomic mass is 9.99. The second-order valence-electron chi connectivity index (χ2n) is 9.07. The molecule has 0 saturated carbocycles. The minimum Gasteiger partial charge on any atom is -0.508 e. The van der Waals surface area contributed by atoms with Crippen LogP contribution in [0.25, 0.3) is 21.9 Å². The largest absolute Gasteiger partial charge is 0.508 e. The van der Waals surface area contributed by atoms with Gasteiger partial charge in [-0.1, -0.05) is 31.0 Å². The lowest BCUT2D eigenvalue weighted by Crippen LogP contribution is -2.29. The van der Waals surface area contributed by atoms with E-state index in [9.17, 15) is 9.50 Å². The molecule has 0 bridgehead atoms. The molecule has 4 aromatic rings. The zero-order valence-corrected chi connectivity index (χ0v) is 20.9. The fourth-order valence-electron chi connectivity index (χ4n) is 4.67. The Balaban J connectivity index is 0.00000304. The summed E-state index contributed by atoms with van der Waals surface area (Å²) < 4.78 is 26.3. The van der Waals surface area contributed by atoms with Crippen LogP contribution in [0.2, 0.25) is 0 Å². The lowest BCUT2D eigenvalue weighted by molar-refractivity contribution is 0.283. The summed E-state index contributed by atoms with van der Waals surface area (Å²) in [6.45, 7) is 1.77. The monoisotopic (exact) mass is 507 g/mol. The Hall–Kier alpha value is -3.28. The summed E-state index contributed by atoms with van der Waals surface area (Å²) in [7, 11) is 0. The van der Waals surface area contributed by atoms with Gasteiger partial charge in [-0.05, 0) is 97.4 Å². The highest BCUT2D eigenvalue weighted by Crippen LogP contribution is 2.41. The number of benzene rings is 4. The van der Waals surface area contributed by atoms with Crippen LogP contribution >= 0.6 is 12.4 Å². The van der Waals surface area contributed by atoms with E-state index in [4.69, 9.17) is 9.47 Å². The molecule has 4 nitrogen and oxygen atoms in total. The zero-order valence-electron chi connectivity index (χ0n) is 20.1. The van der Waals surface area contributed by atoms with Gasteiger partial charge < -0.3 is 19.9 Å². The standard InChI is InChI=1S/C30H30FNO3.ClH/c31-23-6-4-5-21(19-23)28-14-8-22-20-25(33)9-15-29(22)30(28)35-27-12-10-26(11-13-27)34-18-16-24-7-2-1-3-17-32-24;/h4-6,8-15,19-20,24,32-33H,1-3,7,16-18H2;1H. The number of nitrogens with one attached hydrogen (secondary N) is 1. The number of fused-ring (bicyclic) bond motifs is 1. The third-order valence-electron chi connectivity index (χ3n) is 6.53. The first-order chi connectivity index (χ1) is 17.2. The maximum Gasteiger partial charge on any atom is 0.143 e. The maximum atomic E-state index is 14.0. The van der Waals surface area contributed by atoms with Crippen molar-refractivity contribution in [3.8, 4) is 34.1 Å². The number of phenols is 1. The van der Waals surface area contributed by atoms with Gasteiger partial charge in [0.25, 0.3) is 0 Å². The fourth-order valence-corrected chi connectivity index (χ4v) is 4.67. The highest BCUT2D eigenvalue weighted by molar-refractivity contribution is 5.96. The van der Waals surface area contributed by atoms with Crippen molar-refractivity contribution in [2.75, 3.05) is 13.2 Å². The number of ether oxygens (including phenoxy) is 2. The van der Waals surface area contributed by atoms with Crippen molar-refractivity contribution in [3.63, 3.8) is 0 Å². The van der Waals surface area contributed by atoms with Crippen LogP contribution in [-0.2, 0) is 0 Å². The second kappa shape index (κ2) is 12.1. The van der Waals surface area contributed by atoms with Gasteiger partial charge >= 0.3 is 0 Å². The molecule has 1 atom stereocenters. The van der Waals surface area contributed by atoms with E-state index in [1.54, 1.807) is 18.2 Å². The van der Waals surface area contributed by atoms with E-state index in [1.165, 1.54) is 37.8 Å². The van der Waals surface area contributed by atoms with Crippen molar-refractivity contribution in [2.45, 2.75) is 38.1 Å². The number of phenolic OH excluding ortho intramolecular Hbond substituents is 1. The quantitative estimate of drug-likeness (QED) is 0.267. The van der Waals surface area contributed by atoms with E-state index < -0.39 is 0 Å². The molecule has 0 aromatic heterocycles. The highest BCUT2D eigenvalue weighted by atomic mass is 35.5. The minimum atomic E-state index is -0.306. The first kappa shape index (κ1) is 25.8. The molecule has 1 unspecified atom stereocenters. The number of hydrogen-bond acceptors (Lipinski definition) is 4. The van der Waals surface area contributed by atoms with Crippen molar-refractivity contribution < 1.29 is 19.0 Å². The van der Waals surface area contributed by atoms with Crippen LogP contribution in [0.5, 0.6) is 23.0 Å². The smallest absolute Gasteiger partial charge is 0.143 e. The van der Waals surface area contributed by atoms with Crippen LogP contribution < -0.4 is 14.8 Å². The van der Waals surface area contributed by atoms with E-state index in [-0.39, 0.29) is 24.0 Å². The molecule has 1 heterocycles. The summed E-state index contributed by atoms with van der Waals surface area (Å²) in [6.07, 6.45) is 6.07. The average Bonchev–Trinajstić information content (AvgIpc) is 3.14. The molecule has 1 saturated heterocycles. The summed E-state index contributed by atoms with van der Waals surface area (Å²) >= 11 is 0. The van der Waals surface area contributed by atoms with Crippen molar-refractivity contribution >= 4 is 23.2 Å². The van der Waals surface area contributed by atoms with Gasteiger partial charge in [-0.3, -0.25) is 0 Å². The Kier molecular flexibility index (Phi) is 8.68. The molecule has 4 aromatic carbocycles. The minimum absolute atomic E-state index is 0. The summed E-state index contributed by atoms with van der Waals surface area (Å²) in [5.41, 5.74) is 1.50. The van der Waals surface area contributed by atoms with E-state index in [1.807, 2.05) is 48.5 Å². The van der Waals surface area contributed by atoms with E-state index >= 15 is 0 Å². The van der Waals surface area contributed by atoms with Gasteiger partial charge in [-0.2, -0.15) is 0 Å². The topological polar surface area (TPSA) is 50.7 Å². The Bertz CT molecular complexity index is 1290. The van der Waals surface area contributed by atoms with Gasteiger partial charge in [0, 0.05) is 17.0 Å².